The first-order chi connectivity index (χ1) is 9.52. The van der Waals surface area contributed by atoms with Gasteiger partial charge in [-0.05, 0) is 65.5 Å². The van der Waals surface area contributed by atoms with E-state index in [9.17, 15) is 9.59 Å². The molecule has 4 nitrogen and oxygen atoms in total. The van der Waals surface area contributed by atoms with E-state index in [1.54, 1.807) is 0 Å². The van der Waals surface area contributed by atoms with Gasteiger partial charge in [0.1, 0.15) is 0 Å². The van der Waals surface area contributed by atoms with Crippen LogP contribution in [-0.2, 0) is 4.79 Å². The number of hydrogen-bond acceptors (Lipinski definition) is 2. The average Bonchev–Trinajstić information content (AvgIpc) is 3.13. The summed E-state index contributed by atoms with van der Waals surface area (Å²) in [4.78, 5) is 25.3. The molecule has 1 aliphatic heterocycles. The number of amides is 1. The molecule has 0 bridgehead atoms. The normalized spacial score (nSPS) is 23.6. The molecular formula is C15H16INO3. The molecule has 1 aromatic rings. The van der Waals surface area contributed by atoms with Crippen molar-refractivity contribution in [1.29, 1.82) is 0 Å². The largest absolute Gasteiger partial charge is 0.481 e. The number of aliphatic carboxylic acids is 1. The van der Waals surface area contributed by atoms with E-state index in [0.29, 0.717) is 13.1 Å². The van der Waals surface area contributed by atoms with Gasteiger partial charge in [-0.2, -0.15) is 0 Å². The highest BCUT2D eigenvalue weighted by Crippen LogP contribution is 2.59. The number of piperidine rings is 1. The smallest absolute Gasteiger partial charge is 0.307 e. The number of carbonyl (C=O) groups is 2. The summed E-state index contributed by atoms with van der Waals surface area (Å²) in [6.45, 7) is 1.35. The van der Waals surface area contributed by atoms with Gasteiger partial charge in [-0.25, -0.2) is 0 Å². The maximum Gasteiger partial charge on any atom is 0.307 e. The lowest BCUT2D eigenvalue weighted by Gasteiger charge is -2.32. The Morgan fingerprint density at radius 3 is 2.55 bits per heavy atom. The molecule has 1 heterocycles. The minimum absolute atomic E-state index is 0.0201. The molecule has 2 fully saturated rings. The van der Waals surface area contributed by atoms with E-state index >= 15 is 0 Å². The van der Waals surface area contributed by atoms with Gasteiger partial charge in [-0.3, -0.25) is 9.59 Å². The number of carboxylic acids is 1. The molecule has 0 radical (unpaired) electrons. The lowest BCUT2D eigenvalue weighted by Crippen LogP contribution is -2.40. The van der Waals surface area contributed by atoms with Crippen molar-refractivity contribution in [3.63, 3.8) is 0 Å². The molecule has 5 heteroatoms. The molecule has 106 valence electrons. The van der Waals surface area contributed by atoms with Crippen LogP contribution in [0.15, 0.2) is 24.3 Å². The SMILES string of the molecule is O=C(O)C1CC12CCN(C(=O)c1cccc(I)c1)CC2. The number of halogens is 1. The van der Waals surface area contributed by atoms with Crippen LogP contribution in [0.4, 0.5) is 0 Å². The first-order valence-corrected chi connectivity index (χ1v) is 7.87. The van der Waals surface area contributed by atoms with Crippen molar-refractivity contribution in [3.05, 3.63) is 33.4 Å². The number of nitrogens with zero attached hydrogens (tertiary/aromatic N) is 1. The number of carbonyl (C=O) groups excluding carboxylic acids is 1. The van der Waals surface area contributed by atoms with E-state index in [4.69, 9.17) is 5.11 Å². The van der Waals surface area contributed by atoms with Crippen LogP contribution in [0.3, 0.4) is 0 Å². The summed E-state index contributed by atoms with van der Waals surface area (Å²) in [6.07, 6.45) is 2.42. The Balaban J connectivity index is 1.64. The van der Waals surface area contributed by atoms with Crippen LogP contribution < -0.4 is 0 Å². The maximum atomic E-state index is 12.4. The van der Waals surface area contributed by atoms with Crippen LogP contribution in [0, 0.1) is 14.9 Å². The topological polar surface area (TPSA) is 57.6 Å². The van der Waals surface area contributed by atoms with Crippen LogP contribution in [0.25, 0.3) is 0 Å². The van der Waals surface area contributed by atoms with E-state index in [1.165, 1.54) is 0 Å². The van der Waals surface area contributed by atoms with Gasteiger partial charge in [0.05, 0.1) is 5.92 Å². The van der Waals surface area contributed by atoms with E-state index in [2.05, 4.69) is 22.6 Å². The Kier molecular flexibility index (Phi) is 3.48. The highest BCUT2D eigenvalue weighted by Gasteiger charge is 2.59. The zero-order chi connectivity index (χ0) is 14.3. The minimum Gasteiger partial charge on any atom is -0.481 e. The monoisotopic (exact) mass is 385 g/mol. The second kappa shape index (κ2) is 5.02. The van der Waals surface area contributed by atoms with Crippen molar-refractivity contribution in [3.8, 4) is 0 Å². The molecule has 1 N–H and O–H groups in total. The van der Waals surface area contributed by atoms with Crippen molar-refractivity contribution in [2.24, 2.45) is 11.3 Å². The van der Waals surface area contributed by atoms with Crippen molar-refractivity contribution in [1.82, 2.24) is 4.90 Å². The molecule has 1 amide bonds. The van der Waals surface area contributed by atoms with Crippen LogP contribution in [0.2, 0.25) is 0 Å². The van der Waals surface area contributed by atoms with Crippen LogP contribution >= 0.6 is 22.6 Å². The molecule has 1 aliphatic carbocycles. The van der Waals surface area contributed by atoms with Crippen LogP contribution in [0.5, 0.6) is 0 Å². The number of rotatable bonds is 2. The van der Waals surface area contributed by atoms with Crippen molar-refractivity contribution >= 4 is 34.5 Å². The fourth-order valence-corrected chi connectivity index (χ4v) is 3.75. The Morgan fingerprint density at radius 1 is 1.30 bits per heavy atom. The molecule has 20 heavy (non-hydrogen) atoms. The van der Waals surface area contributed by atoms with Gasteiger partial charge in [0.25, 0.3) is 5.91 Å². The van der Waals surface area contributed by atoms with Crippen molar-refractivity contribution < 1.29 is 14.7 Å². The molecule has 1 atom stereocenters. The predicted molar refractivity (Wildman–Crippen MR) is 82.5 cm³/mol. The lowest BCUT2D eigenvalue weighted by molar-refractivity contribution is -0.139. The fraction of sp³-hybridized carbons (Fsp3) is 0.467. The summed E-state index contributed by atoms with van der Waals surface area (Å²) in [5.41, 5.74) is 0.701. The molecule has 1 aromatic carbocycles. The third-order valence-electron chi connectivity index (χ3n) is 4.61. The number of benzene rings is 1. The molecule has 0 aromatic heterocycles. The first-order valence-electron chi connectivity index (χ1n) is 6.79. The molecule has 1 saturated carbocycles. The third-order valence-corrected chi connectivity index (χ3v) is 5.28. The Hall–Kier alpha value is -1.11. The van der Waals surface area contributed by atoms with E-state index in [-0.39, 0.29) is 17.2 Å². The average molecular weight is 385 g/mol. The number of carboxylic acid groups (broad SMARTS) is 1. The summed E-state index contributed by atoms with van der Waals surface area (Å²) in [6, 6.07) is 7.59. The zero-order valence-corrected chi connectivity index (χ0v) is 13.2. The summed E-state index contributed by atoms with van der Waals surface area (Å²) in [5.74, 6) is -0.800. The van der Waals surface area contributed by atoms with E-state index < -0.39 is 5.97 Å². The molecule has 1 saturated heterocycles. The summed E-state index contributed by atoms with van der Waals surface area (Å²) in [5, 5.41) is 9.07. The van der Waals surface area contributed by atoms with E-state index in [0.717, 1.165) is 28.4 Å². The second-order valence-electron chi connectivity index (χ2n) is 5.76. The summed E-state index contributed by atoms with van der Waals surface area (Å²) in [7, 11) is 0. The predicted octanol–water partition coefficient (Wildman–Crippen LogP) is 2.62. The molecule has 3 rings (SSSR count). The highest BCUT2D eigenvalue weighted by atomic mass is 127. The Bertz CT molecular complexity index is 564. The zero-order valence-electron chi connectivity index (χ0n) is 11.0. The Morgan fingerprint density at radius 2 is 2.00 bits per heavy atom. The quantitative estimate of drug-likeness (QED) is 0.797. The first kappa shape index (κ1) is 13.9. The van der Waals surface area contributed by atoms with Gasteiger partial charge in [-0.1, -0.05) is 6.07 Å². The Labute approximate surface area is 131 Å². The standard InChI is InChI=1S/C15H16INO3/c16-11-3-1-2-10(8-11)13(18)17-6-4-15(5-7-17)9-12(15)14(19)20/h1-3,8,12H,4-7,9H2,(H,19,20). The van der Waals surface area contributed by atoms with Gasteiger partial charge in [0.15, 0.2) is 0 Å². The van der Waals surface area contributed by atoms with Gasteiger partial charge >= 0.3 is 5.97 Å². The summed E-state index contributed by atoms with van der Waals surface area (Å²) < 4.78 is 1.05. The minimum atomic E-state index is -0.678. The van der Waals surface area contributed by atoms with Gasteiger partial charge < -0.3 is 10.0 Å². The molecule has 2 aliphatic rings. The van der Waals surface area contributed by atoms with Crippen LogP contribution in [0.1, 0.15) is 29.6 Å². The molecular weight excluding hydrogens is 369 g/mol. The third kappa shape index (κ3) is 2.43. The maximum absolute atomic E-state index is 12.4. The van der Waals surface area contributed by atoms with Gasteiger partial charge in [0, 0.05) is 22.2 Å². The number of likely N-dealkylation sites (tertiary alicyclic amines) is 1. The molecule has 1 unspecified atom stereocenters. The fourth-order valence-electron chi connectivity index (χ4n) is 3.21. The second-order valence-corrected chi connectivity index (χ2v) is 7.01. The van der Waals surface area contributed by atoms with Gasteiger partial charge in [-0.15, -0.1) is 0 Å². The van der Waals surface area contributed by atoms with Crippen molar-refractivity contribution in [2.75, 3.05) is 13.1 Å². The van der Waals surface area contributed by atoms with E-state index in [1.807, 2.05) is 29.2 Å². The number of hydrogen-bond donors (Lipinski definition) is 1. The lowest BCUT2D eigenvalue weighted by atomic mass is 9.90. The van der Waals surface area contributed by atoms with Crippen molar-refractivity contribution in [2.45, 2.75) is 19.3 Å². The highest BCUT2D eigenvalue weighted by molar-refractivity contribution is 14.1. The molecule has 1 spiro atoms. The van der Waals surface area contributed by atoms with Crippen LogP contribution in [-0.4, -0.2) is 35.0 Å². The van der Waals surface area contributed by atoms with Gasteiger partial charge in [0.2, 0.25) is 0 Å². The summed E-state index contributed by atoms with van der Waals surface area (Å²) >= 11 is 2.20.